The van der Waals surface area contributed by atoms with Crippen LogP contribution in [-0.2, 0) is 0 Å². The van der Waals surface area contributed by atoms with Crippen molar-refractivity contribution in [2.45, 2.75) is 19.3 Å². The van der Waals surface area contributed by atoms with E-state index in [0.29, 0.717) is 17.2 Å². The number of anilines is 2. The highest BCUT2D eigenvalue weighted by atomic mass is 19.1. The van der Waals surface area contributed by atoms with Gasteiger partial charge in [0, 0.05) is 18.7 Å². The van der Waals surface area contributed by atoms with Gasteiger partial charge in [-0.3, -0.25) is 4.79 Å². The average molecular weight is 300 g/mol. The molecule has 3 rings (SSSR count). The van der Waals surface area contributed by atoms with Gasteiger partial charge in [0.05, 0.1) is 18.1 Å². The molecule has 1 aliphatic heterocycles. The molecule has 22 heavy (non-hydrogen) atoms. The first-order valence-corrected chi connectivity index (χ1v) is 7.36. The fraction of sp³-hybridized carbons (Fsp3) is 0.312. The highest BCUT2D eigenvalue weighted by Crippen LogP contribution is 2.16. The molecule has 0 spiro atoms. The molecule has 114 valence electrons. The minimum Gasteiger partial charge on any atom is -0.341 e. The zero-order chi connectivity index (χ0) is 15.4. The minimum absolute atomic E-state index is 0.311. The topological polar surface area (TPSA) is 58.1 Å². The van der Waals surface area contributed by atoms with Gasteiger partial charge >= 0.3 is 0 Å². The van der Waals surface area contributed by atoms with Crippen molar-refractivity contribution in [1.82, 2.24) is 9.97 Å². The summed E-state index contributed by atoms with van der Waals surface area (Å²) in [5, 5.41) is 2.70. The predicted molar refractivity (Wildman–Crippen MR) is 82.4 cm³/mol. The van der Waals surface area contributed by atoms with Crippen molar-refractivity contribution >= 4 is 17.5 Å². The number of aromatic nitrogens is 2. The predicted octanol–water partition coefficient (Wildman–Crippen LogP) is 2.86. The zero-order valence-corrected chi connectivity index (χ0v) is 12.1. The van der Waals surface area contributed by atoms with Gasteiger partial charge in [-0.15, -0.1) is 0 Å². The smallest absolute Gasteiger partial charge is 0.255 e. The van der Waals surface area contributed by atoms with Crippen LogP contribution in [0.15, 0.2) is 36.7 Å². The second-order valence-corrected chi connectivity index (χ2v) is 5.28. The molecule has 0 radical (unpaired) electrons. The van der Waals surface area contributed by atoms with Crippen LogP contribution in [0.3, 0.4) is 0 Å². The Morgan fingerprint density at radius 2 is 1.68 bits per heavy atom. The van der Waals surface area contributed by atoms with Crippen molar-refractivity contribution in [2.75, 3.05) is 23.3 Å². The Morgan fingerprint density at radius 1 is 1.05 bits per heavy atom. The minimum atomic E-state index is -0.370. The van der Waals surface area contributed by atoms with Gasteiger partial charge in [0.25, 0.3) is 5.91 Å². The Balaban J connectivity index is 1.65. The number of hydrogen-bond donors (Lipinski definition) is 1. The summed E-state index contributed by atoms with van der Waals surface area (Å²) in [6.45, 7) is 1.95. The number of nitrogens with one attached hydrogen (secondary N) is 1. The van der Waals surface area contributed by atoms with Crippen LogP contribution in [0.5, 0.6) is 0 Å². The van der Waals surface area contributed by atoms with Crippen molar-refractivity contribution in [2.24, 2.45) is 0 Å². The van der Waals surface area contributed by atoms with Crippen LogP contribution in [0.25, 0.3) is 0 Å². The maximum Gasteiger partial charge on any atom is 0.255 e. The van der Waals surface area contributed by atoms with E-state index in [2.05, 4.69) is 20.2 Å². The molecule has 1 aliphatic rings. The van der Waals surface area contributed by atoms with Crippen LogP contribution < -0.4 is 10.2 Å². The van der Waals surface area contributed by atoms with Gasteiger partial charge in [0.2, 0.25) is 5.95 Å². The van der Waals surface area contributed by atoms with Crippen molar-refractivity contribution in [3.63, 3.8) is 0 Å². The molecule has 1 aromatic heterocycles. The van der Waals surface area contributed by atoms with E-state index in [1.165, 1.54) is 30.7 Å². The van der Waals surface area contributed by atoms with Crippen LogP contribution in [-0.4, -0.2) is 29.0 Å². The van der Waals surface area contributed by atoms with E-state index in [1.54, 1.807) is 12.4 Å². The van der Waals surface area contributed by atoms with Gasteiger partial charge in [0.15, 0.2) is 0 Å². The largest absolute Gasteiger partial charge is 0.341 e. The highest BCUT2D eigenvalue weighted by molar-refractivity contribution is 6.04. The number of piperidine rings is 1. The molecular formula is C16H17FN4O. The number of carbonyl (C=O) groups excluding carboxylic acids is 1. The summed E-state index contributed by atoms with van der Waals surface area (Å²) >= 11 is 0. The average Bonchev–Trinajstić information content (AvgIpc) is 2.57. The van der Waals surface area contributed by atoms with Gasteiger partial charge in [-0.25, -0.2) is 14.4 Å². The normalized spacial score (nSPS) is 14.7. The Labute approximate surface area is 128 Å². The second-order valence-electron chi connectivity index (χ2n) is 5.28. The van der Waals surface area contributed by atoms with E-state index in [1.807, 2.05) is 0 Å². The number of rotatable bonds is 3. The summed E-state index contributed by atoms with van der Waals surface area (Å²) in [7, 11) is 0. The number of halogens is 1. The summed E-state index contributed by atoms with van der Waals surface area (Å²) in [6.07, 6.45) is 6.76. The molecular weight excluding hydrogens is 283 g/mol. The fourth-order valence-electron chi connectivity index (χ4n) is 2.45. The zero-order valence-electron chi connectivity index (χ0n) is 12.1. The standard InChI is InChI=1S/C16H17FN4O/c17-13-6-4-12(5-7-13)15(22)20-14-10-18-16(19-11-14)21-8-2-1-3-9-21/h4-7,10-11H,1-3,8-9H2,(H,20,22). The molecule has 0 atom stereocenters. The van der Waals surface area contributed by atoms with Gasteiger partial charge in [-0.05, 0) is 43.5 Å². The van der Waals surface area contributed by atoms with Crippen LogP contribution in [0.2, 0.25) is 0 Å². The van der Waals surface area contributed by atoms with Crippen molar-refractivity contribution in [1.29, 1.82) is 0 Å². The fourth-order valence-corrected chi connectivity index (χ4v) is 2.45. The molecule has 1 N–H and O–H groups in total. The maximum absolute atomic E-state index is 12.8. The quantitative estimate of drug-likeness (QED) is 0.947. The van der Waals surface area contributed by atoms with E-state index >= 15 is 0 Å². The third-order valence-electron chi connectivity index (χ3n) is 3.64. The lowest BCUT2D eigenvalue weighted by Gasteiger charge is -2.26. The van der Waals surface area contributed by atoms with E-state index in [-0.39, 0.29) is 11.7 Å². The maximum atomic E-state index is 12.8. The molecule has 0 aliphatic carbocycles. The third-order valence-corrected chi connectivity index (χ3v) is 3.64. The Kier molecular flexibility index (Phi) is 4.27. The lowest BCUT2D eigenvalue weighted by atomic mass is 10.1. The van der Waals surface area contributed by atoms with E-state index in [9.17, 15) is 9.18 Å². The van der Waals surface area contributed by atoms with Gasteiger partial charge in [-0.1, -0.05) is 0 Å². The number of nitrogens with zero attached hydrogens (tertiary/aromatic N) is 3. The molecule has 1 fully saturated rings. The summed E-state index contributed by atoms with van der Waals surface area (Å²) in [5.41, 5.74) is 0.914. The van der Waals surface area contributed by atoms with Crippen molar-refractivity contribution in [3.8, 4) is 0 Å². The van der Waals surface area contributed by atoms with Crippen molar-refractivity contribution < 1.29 is 9.18 Å². The molecule has 2 heterocycles. The van der Waals surface area contributed by atoms with Crippen LogP contribution in [0.1, 0.15) is 29.6 Å². The van der Waals surface area contributed by atoms with Crippen molar-refractivity contribution in [3.05, 3.63) is 48.0 Å². The highest BCUT2D eigenvalue weighted by Gasteiger charge is 2.13. The van der Waals surface area contributed by atoms with Gasteiger partial charge < -0.3 is 10.2 Å². The first kappa shape index (κ1) is 14.4. The molecule has 0 saturated carbocycles. The Morgan fingerprint density at radius 3 is 2.32 bits per heavy atom. The van der Waals surface area contributed by atoms with Crippen LogP contribution in [0, 0.1) is 5.82 Å². The first-order chi connectivity index (χ1) is 10.7. The SMILES string of the molecule is O=C(Nc1cnc(N2CCCCC2)nc1)c1ccc(F)cc1. The number of hydrogen-bond acceptors (Lipinski definition) is 4. The summed E-state index contributed by atoms with van der Waals surface area (Å²) in [4.78, 5) is 22.8. The Bertz CT molecular complexity index is 636. The first-order valence-electron chi connectivity index (χ1n) is 7.36. The molecule has 0 bridgehead atoms. The van der Waals surface area contributed by atoms with Gasteiger partial charge in [0.1, 0.15) is 5.82 Å². The summed E-state index contributed by atoms with van der Waals surface area (Å²) in [5.74, 6) is 0.0135. The number of benzene rings is 1. The molecule has 1 saturated heterocycles. The number of carbonyl (C=O) groups is 1. The number of amides is 1. The Hall–Kier alpha value is -2.50. The molecule has 5 nitrogen and oxygen atoms in total. The van der Waals surface area contributed by atoms with E-state index in [0.717, 1.165) is 25.9 Å². The summed E-state index contributed by atoms with van der Waals surface area (Å²) < 4.78 is 12.8. The van der Waals surface area contributed by atoms with E-state index in [4.69, 9.17) is 0 Å². The van der Waals surface area contributed by atoms with E-state index < -0.39 is 0 Å². The van der Waals surface area contributed by atoms with Gasteiger partial charge in [-0.2, -0.15) is 0 Å². The lowest BCUT2D eigenvalue weighted by Crippen LogP contribution is -2.30. The van der Waals surface area contributed by atoms with Crippen LogP contribution in [0.4, 0.5) is 16.0 Å². The molecule has 1 amide bonds. The molecule has 6 heteroatoms. The third kappa shape index (κ3) is 3.39. The van der Waals surface area contributed by atoms with Crippen LogP contribution >= 0.6 is 0 Å². The monoisotopic (exact) mass is 300 g/mol. The molecule has 0 unspecified atom stereocenters. The second kappa shape index (κ2) is 6.51. The summed E-state index contributed by atoms with van der Waals surface area (Å²) in [6, 6.07) is 5.39. The lowest BCUT2D eigenvalue weighted by molar-refractivity contribution is 0.102. The molecule has 1 aromatic carbocycles. The molecule has 2 aromatic rings.